The van der Waals surface area contributed by atoms with E-state index in [2.05, 4.69) is 35.4 Å². The largest absolute Gasteiger partial charge is 0.497 e. The van der Waals surface area contributed by atoms with Gasteiger partial charge in [0.15, 0.2) is 0 Å². The van der Waals surface area contributed by atoms with Crippen LogP contribution in [0.1, 0.15) is 13.8 Å². The second kappa shape index (κ2) is 11.1. The smallest absolute Gasteiger partial charge is 0.203 e. The number of halogens is 1. The predicted octanol–water partition coefficient (Wildman–Crippen LogP) is 3.93. The molecule has 0 saturated heterocycles. The summed E-state index contributed by atoms with van der Waals surface area (Å²) in [6, 6.07) is 15.8. The molecule has 2 aromatic carbocycles. The fraction of sp³-hybridized carbons (Fsp3) is 0.409. The Bertz CT molecular complexity index is 946. The van der Waals surface area contributed by atoms with Crippen molar-refractivity contribution in [3.8, 4) is 11.5 Å². The van der Waals surface area contributed by atoms with E-state index in [0.717, 1.165) is 48.7 Å². The summed E-state index contributed by atoms with van der Waals surface area (Å²) < 4.78 is 15.2. The van der Waals surface area contributed by atoms with E-state index >= 15 is 0 Å². The van der Waals surface area contributed by atoms with Crippen LogP contribution in [0.5, 0.6) is 11.5 Å². The van der Waals surface area contributed by atoms with Crippen LogP contribution in [0, 0.1) is 5.41 Å². The van der Waals surface area contributed by atoms with Gasteiger partial charge in [0.05, 0.1) is 24.7 Å². The molecule has 0 fully saturated rings. The van der Waals surface area contributed by atoms with Crippen molar-refractivity contribution in [2.45, 2.75) is 26.9 Å². The Morgan fingerprint density at radius 1 is 0.862 bits per heavy atom. The average Bonchev–Trinajstić information content (AvgIpc) is 3.01. The van der Waals surface area contributed by atoms with Crippen LogP contribution >= 0.6 is 17.0 Å². The fourth-order valence-electron chi connectivity index (χ4n) is 3.46. The van der Waals surface area contributed by atoms with Gasteiger partial charge in [0, 0.05) is 13.1 Å². The van der Waals surface area contributed by atoms with Crippen molar-refractivity contribution >= 4 is 28.0 Å². The van der Waals surface area contributed by atoms with E-state index in [-0.39, 0.29) is 17.0 Å². The molecule has 1 N–H and O–H groups in total. The molecule has 0 unspecified atom stereocenters. The molecule has 3 rings (SSSR count). The van der Waals surface area contributed by atoms with Gasteiger partial charge in [-0.15, -0.1) is 17.0 Å². The number of nitrogens with zero attached hydrogens (tertiary/aromatic N) is 3. The van der Waals surface area contributed by atoms with Gasteiger partial charge in [-0.2, -0.15) is 0 Å². The second-order valence-electron chi connectivity index (χ2n) is 6.67. The number of aromatic nitrogens is 2. The van der Waals surface area contributed by atoms with Gasteiger partial charge in [-0.1, -0.05) is 26.0 Å². The van der Waals surface area contributed by atoms with Gasteiger partial charge >= 0.3 is 0 Å². The average molecular weight is 463 g/mol. The van der Waals surface area contributed by atoms with Crippen molar-refractivity contribution in [1.29, 1.82) is 5.41 Å². The number of para-hydroxylation sites is 2. The van der Waals surface area contributed by atoms with Gasteiger partial charge in [-0.05, 0) is 49.5 Å². The highest BCUT2D eigenvalue weighted by Gasteiger charge is 2.11. The molecule has 1 heterocycles. The minimum Gasteiger partial charge on any atom is -0.497 e. The standard InChI is InChI=1S/C22H30N4O2.BrH/c1-4-24(5-2)14-15-25-20-8-6-7-9-21(20)26(22(25)23)16-17-28-19-12-10-18(27-3)11-13-19;/h6-13,23H,4-5,14-17H2,1-3H3;1H. The molecule has 0 saturated carbocycles. The molecule has 6 nitrogen and oxygen atoms in total. The minimum absolute atomic E-state index is 0. The lowest BCUT2D eigenvalue weighted by Crippen LogP contribution is -2.32. The molecule has 0 radical (unpaired) electrons. The number of fused-ring (bicyclic) bond motifs is 1. The second-order valence-corrected chi connectivity index (χ2v) is 6.67. The molecule has 0 atom stereocenters. The van der Waals surface area contributed by atoms with E-state index in [1.807, 2.05) is 41.0 Å². The number of likely N-dealkylation sites (N-methyl/N-ethyl adjacent to an activating group) is 1. The summed E-state index contributed by atoms with van der Waals surface area (Å²) in [5.74, 6) is 1.62. The molecule has 0 spiro atoms. The van der Waals surface area contributed by atoms with Crippen LogP contribution in [-0.2, 0) is 13.1 Å². The highest BCUT2D eigenvalue weighted by molar-refractivity contribution is 8.93. The molecule has 0 aliphatic heterocycles. The molecule has 0 bridgehead atoms. The third-order valence-electron chi connectivity index (χ3n) is 5.15. The summed E-state index contributed by atoms with van der Waals surface area (Å²) in [6.07, 6.45) is 0. The number of nitrogens with one attached hydrogen (secondary N) is 1. The lowest BCUT2D eigenvalue weighted by molar-refractivity contribution is 0.284. The lowest BCUT2D eigenvalue weighted by Gasteiger charge is -2.18. The first-order valence-electron chi connectivity index (χ1n) is 9.89. The van der Waals surface area contributed by atoms with Crippen LogP contribution in [0.4, 0.5) is 0 Å². The Morgan fingerprint density at radius 2 is 1.41 bits per heavy atom. The zero-order valence-corrected chi connectivity index (χ0v) is 19.1. The Labute approximate surface area is 182 Å². The first kappa shape index (κ1) is 23.0. The zero-order chi connectivity index (χ0) is 19.9. The molecule has 29 heavy (non-hydrogen) atoms. The van der Waals surface area contributed by atoms with E-state index in [4.69, 9.17) is 14.9 Å². The Morgan fingerprint density at radius 3 is 1.97 bits per heavy atom. The number of benzene rings is 2. The molecule has 0 amide bonds. The lowest BCUT2D eigenvalue weighted by atomic mass is 10.3. The first-order chi connectivity index (χ1) is 13.7. The molecular formula is C22H31BrN4O2. The van der Waals surface area contributed by atoms with Crippen molar-refractivity contribution in [3.63, 3.8) is 0 Å². The fourth-order valence-corrected chi connectivity index (χ4v) is 3.46. The van der Waals surface area contributed by atoms with Gasteiger partial charge < -0.3 is 23.5 Å². The quantitative estimate of drug-likeness (QED) is 0.496. The summed E-state index contributed by atoms with van der Waals surface area (Å²) >= 11 is 0. The van der Waals surface area contributed by atoms with Gasteiger partial charge in [0.25, 0.3) is 0 Å². The number of hydrogen-bond acceptors (Lipinski definition) is 4. The van der Waals surface area contributed by atoms with Crippen molar-refractivity contribution in [1.82, 2.24) is 14.0 Å². The van der Waals surface area contributed by atoms with E-state index in [1.54, 1.807) is 7.11 Å². The van der Waals surface area contributed by atoms with Crippen LogP contribution in [0.2, 0.25) is 0 Å². The molecule has 7 heteroatoms. The van der Waals surface area contributed by atoms with Crippen molar-refractivity contribution < 1.29 is 9.47 Å². The predicted molar refractivity (Wildman–Crippen MR) is 122 cm³/mol. The maximum atomic E-state index is 8.70. The number of imidazole rings is 1. The number of hydrogen-bond donors (Lipinski definition) is 1. The summed E-state index contributed by atoms with van der Waals surface area (Å²) in [4.78, 5) is 2.38. The summed E-state index contributed by atoms with van der Waals surface area (Å²) in [6.45, 7) is 9.30. The van der Waals surface area contributed by atoms with Crippen LogP contribution in [-0.4, -0.2) is 47.4 Å². The van der Waals surface area contributed by atoms with Crippen molar-refractivity contribution in [2.75, 3.05) is 33.4 Å². The maximum Gasteiger partial charge on any atom is 0.203 e. The molecular weight excluding hydrogens is 432 g/mol. The van der Waals surface area contributed by atoms with Crippen LogP contribution in [0.15, 0.2) is 48.5 Å². The first-order valence-corrected chi connectivity index (χ1v) is 9.89. The number of ether oxygens (including phenoxy) is 2. The Hall–Kier alpha value is -2.25. The third-order valence-corrected chi connectivity index (χ3v) is 5.15. The topological polar surface area (TPSA) is 55.4 Å². The number of methoxy groups -OCH3 is 1. The highest BCUT2D eigenvalue weighted by Crippen LogP contribution is 2.17. The molecule has 0 aliphatic carbocycles. The van der Waals surface area contributed by atoms with Crippen molar-refractivity contribution in [2.24, 2.45) is 0 Å². The monoisotopic (exact) mass is 462 g/mol. The van der Waals surface area contributed by atoms with Gasteiger partial charge in [0.1, 0.15) is 18.1 Å². The van der Waals surface area contributed by atoms with Crippen LogP contribution in [0.3, 0.4) is 0 Å². The van der Waals surface area contributed by atoms with Crippen LogP contribution in [0.25, 0.3) is 11.0 Å². The maximum absolute atomic E-state index is 8.70. The molecule has 3 aromatic rings. The minimum atomic E-state index is 0. The van der Waals surface area contributed by atoms with Crippen LogP contribution < -0.4 is 15.1 Å². The van der Waals surface area contributed by atoms with E-state index < -0.39 is 0 Å². The summed E-state index contributed by atoms with van der Waals surface area (Å²) in [5, 5.41) is 8.70. The third kappa shape index (κ3) is 5.42. The molecule has 1 aromatic heterocycles. The van der Waals surface area contributed by atoms with E-state index in [1.165, 1.54) is 0 Å². The Balaban J connectivity index is 0.00000300. The molecule has 0 aliphatic rings. The zero-order valence-electron chi connectivity index (χ0n) is 17.4. The SMILES string of the molecule is Br.CCN(CC)CCn1c(=N)n(CCOc2ccc(OC)cc2)c2ccccc21. The number of rotatable bonds is 10. The summed E-state index contributed by atoms with van der Waals surface area (Å²) in [5.41, 5.74) is 2.70. The Kier molecular flexibility index (Phi) is 8.79. The van der Waals surface area contributed by atoms with E-state index in [9.17, 15) is 0 Å². The van der Waals surface area contributed by atoms with Gasteiger partial charge in [-0.3, -0.25) is 5.41 Å². The van der Waals surface area contributed by atoms with E-state index in [0.29, 0.717) is 18.8 Å². The van der Waals surface area contributed by atoms with Gasteiger partial charge in [0.2, 0.25) is 5.62 Å². The van der Waals surface area contributed by atoms with Crippen molar-refractivity contribution in [3.05, 3.63) is 54.1 Å². The highest BCUT2D eigenvalue weighted by atomic mass is 79.9. The normalized spacial score (nSPS) is 10.9. The van der Waals surface area contributed by atoms with Gasteiger partial charge in [-0.25, -0.2) is 0 Å². The summed E-state index contributed by atoms with van der Waals surface area (Å²) in [7, 11) is 1.65. The molecule has 158 valence electrons.